The molecule has 1 heterocycles. The van der Waals surface area contributed by atoms with Gasteiger partial charge in [0.15, 0.2) is 0 Å². The van der Waals surface area contributed by atoms with Crippen molar-refractivity contribution >= 4 is 33.2 Å². The number of sulfonamides is 1. The molecule has 0 radical (unpaired) electrons. The van der Waals surface area contributed by atoms with Gasteiger partial charge < -0.3 is 10.2 Å². The zero-order valence-electron chi connectivity index (χ0n) is 16.3. The first-order valence-corrected chi connectivity index (χ1v) is 11.7. The summed E-state index contributed by atoms with van der Waals surface area (Å²) in [6.07, 6.45) is 4.41. The van der Waals surface area contributed by atoms with Gasteiger partial charge in [-0.25, -0.2) is 8.42 Å². The maximum absolute atomic E-state index is 12.5. The number of rotatable bonds is 8. The van der Waals surface area contributed by atoms with E-state index in [0.717, 1.165) is 42.5 Å². The number of hydrogen-bond donors (Lipinski definition) is 1. The molecule has 0 spiro atoms. The van der Waals surface area contributed by atoms with Crippen LogP contribution in [0.2, 0.25) is 5.02 Å². The highest BCUT2D eigenvalue weighted by Crippen LogP contribution is 2.23. The van der Waals surface area contributed by atoms with Crippen molar-refractivity contribution in [2.24, 2.45) is 5.92 Å². The third kappa shape index (κ3) is 6.66. The van der Waals surface area contributed by atoms with Gasteiger partial charge in [0.05, 0.1) is 11.9 Å². The van der Waals surface area contributed by atoms with Gasteiger partial charge in [0.25, 0.3) is 0 Å². The van der Waals surface area contributed by atoms with Crippen molar-refractivity contribution in [1.82, 2.24) is 10.2 Å². The van der Waals surface area contributed by atoms with E-state index in [-0.39, 0.29) is 5.91 Å². The minimum absolute atomic E-state index is 0.303. The highest BCUT2D eigenvalue weighted by Gasteiger charge is 2.28. The second-order valence-electron chi connectivity index (χ2n) is 7.38. The topological polar surface area (TPSA) is 69.7 Å². The predicted molar refractivity (Wildman–Crippen MR) is 111 cm³/mol. The Bertz CT molecular complexity index is 716. The first-order valence-electron chi connectivity index (χ1n) is 9.43. The molecule has 1 aromatic carbocycles. The van der Waals surface area contributed by atoms with Crippen LogP contribution in [0.3, 0.4) is 0 Å². The lowest BCUT2D eigenvalue weighted by Crippen LogP contribution is -2.48. The fourth-order valence-electron chi connectivity index (χ4n) is 3.34. The SMILES string of the molecule is CC1CCN(CCCNC(=O)C(C)N(c2ccc(Cl)cc2)S(C)(=O)=O)CC1. The monoisotopic (exact) mass is 415 g/mol. The molecule has 2 rings (SSSR count). The summed E-state index contributed by atoms with van der Waals surface area (Å²) >= 11 is 5.88. The van der Waals surface area contributed by atoms with Gasteiger partial charge in [0.1, 0.15) is 6.04 Å². The summed E-state index contributed by atoms with van der Waals surface area (Å²) in [5, 5.41) is 3.38. The Labute approximate surface area is 167 Å². The van der Waals surface area contributed by atoms with Gasteiger partial charge >= 0.3 is 0 Å². The van der Waals surface area contributed by atoms with Gasteiger partial charge in [-0.2, -0.15) is 0 Å². The molecule has 6 nitrogen and oxygen atoms in total. The van der Waals surface area contributed by atoms with E-state index < -0.39 is 16.1 Å². The van der Waals surface area contributed by atoms with Gasteiger partial charge in [-0.1, -0.05) is 18.5 Å². The van der Waals surface area contributed by atoms with E-state index in [0.29, 0.717) is 17.3 Å². The zero-order valence-corrected chi connectivity index (χ0v) is 17.9. The molecule has 1 N–H and O–H groups in total. The maximum Gasteiger partial charge on any atom is 0.243 e. The molecular formula is C19H30ClN3O3S. The molecule has 1 aromatic rings. The molecule has 0 aliphatic carbocycles. The number of likely N-dealkylation sites (tertiary alicyclic amines) is 1. The highest BCUT2D eigenvalue weighted by atomic mass is 35.5. The highest BCUT2D eigenvalue weighted by molar-refractivity contribution is 7.92. The number of hydrogen-bond acceptors (Lipinski definition) is 4. The fraction of sp³-hybridized carbons (Fsp3) is 0.632. The van der Waals surface area contributed by atoms with Crippen LogP contribution in [0.5, 0.6) is 0 Å². The Morgan fingerprint density at radius 1 is 1.30 bits per heavy atom. The number of nitrogens with one attached hydrogen (secondary N) is 1. The first-order chi connectivity index (χ1) is 12.7. The van der Waals surface area contributed by atoms with Crippen LogP contribution < -0.4 is 9.62 Å². The summed E-state index contributed by atoms with van der Waals surface area (Å²) in [7, 11) is -3.61. The number of benzene rings is 1. The van der Waals surface area contributed by atoms with E-state index in [2.05, 4.69) is 17.1 Å². The minimum Gasteiger partial charge on any atom is -0.354 e. The zero-order chi connectivity index (χ0) is 20.0. The summed E-state index contributed by atoms with van der Waals surface area (Å²) in [4.78, 5) is 14.9. The molecule has 152 valence electrons. The van der Waals surface area contributed by atoms with E-state index in [1.807, 2.05) is 0 Å². The summed E-state index contributed by atoms with van der Waals surface area (Å²) < 4.78 is 25.6. The number of nitrogens with zero attached hydrogens (tertiary/aromatic N) is 2. The minimum atomic E-state index is -3.61. The van der Waals surface area contributed by atoms with Gasteiger partial charge in [-0.3, -0.25) is 9.10 Å². The molecule has 1 fully saturated rings. The number of amides is 1. The van der Waals surface area contributed by atoms with Gasteiger partial charge in [-0.05, 0) is 76.0 Å². The predicted octanol–water partition coefficient (Wildman–Crippen LogP) is 2.73. The summed E-state index contributed by atoms with van der Waals surface area (Å²) in [6, 6.07) is 5.59. The fourth-order valence-corrected chi connectivity index (χ4v) is 4.65. The average molecular weight is 416 g/mol. The number of carbonyl (C=O) groups excluding carboxylic acids is 1. The van der Waals surface area contributed by atoms with E-state index in [4.69, 9.17) is 11.6 Å². The van der Waals surface area contributed by atoms with E-state index in [1.165, 1.54) is 12.8 Å². The Morgan fingerprint density at radius 2 is 1.89 bits per heavy atom. The normalized spacial score (nSPS) is 17.5. The smallest absolute Gasteiger partial charge is 0.243 e. The lowest BCUT2D eigenvalue weighted by molar-refractivity contribution is -0.121. The molecule has 1 saturated heterocycles. The van der Waals surface area contributed by atoms with Crippen molar-refractivity contribution in [2.75, 3.05) is 36.7 Å². The van der Waals surface area contributed by atoms with Crippen LogP contribution in [-0.2, 0) is 14.8 Å². The number of carbonyl (C=O) groups is 1. The molecule has 0 bridgehead atoms. The van der Waals surface area contributed by atoms with Gasteiger partial charge in [-0.15, -0.1) is 0 Å². The van der Waals surface area contributed by atoms with Crippen LogP contribution in [0.25, 0.3) is 0 Å². The molecule has 1 amide bonds. The molecule has 1 atom stereocenters. The van der Waals surface area contributed by atoms with Crippen molar-refractivity contribution in [3.63, 3.8) is 0 Å². The van der Waals surface area contributed by atoms with Crippen molar-refractivity contribution in [2.45, 2.75) is 39.2 Å². The molecule has 1 aliphatic rings. The number of halogens is 1. The largest absolute Gasteiger partial charge is 0.354 e. The van der Waals surface area contributed by atoms with Crippen LogP contribution in [0, 0.1) is 5.92 Å². The van der Waals surface area contributed by atoms with Crippen molar-refractivity contribution < 1.29 is 13.2 Å². The lowest BCUT2D eigenvalue weighted by atomic mass is 9.99. The summed E-state index contributed by atoms with van der Waals surface area (Å²) in [5.41, 5.74) is 0.423. The Hall–Kier alpha value is -1.31. The summed E-state index contributed by atoms with van der Waals surface area (Å²) in [5.74, 6) is 0.499. The van der Waals surface area contributed by atoms with Crippen molar-refractivity contribution in [1.29, 1.82) is 0 Å². The number of anilines is 1. The van der Waals surface area contributed by atoms with Crippen LogP contribution in [0.15, 0.2) is 24.3 Å². The van der Waals surface area contributed by atoms with Crippen LogP contribution >= 0.6 is 11.6 Å². The van der Waals surface area contributed by atoms with Crippen LogP contribution in [0.1, 0.15) is 33.1 Å². The first kappa shape index (κ1) is 22.0. The van der Waals surface area contributed by atoms with E-state index in [1.54, 1.807) is 31.2 Å². The second-order valence-corrected chi connectivity index (χ2v) is 9.68. The van der Waals surface area contributed by atoms with E-state index >= 15 is 0 Å². The lowest BCUT2D eigenvalue weighted by Gasteiger charge is -2.30. The summed E-state index contributed by atoms with van der Waals surface area (Å²) in [6.45, 7) is 7.60. The third-order valence-electron chi connectivity index (χ3n) is 5.00. The van der Waals surface area contributed by atoms with Gasteiger partial charge in [0, 0.05) is 11.6 Å². The Kier molecular flexibility index (Phi) is 7.94. The average Bonchev–Trinajstić information content (AvgIpc) is 2.60. The molecule has 1 unspecified atom stereocenters. The van der Waals surface area contributed by atoms with Gasteiger partial charge in [0.2, 0.25) is 15.9 Å². The molecule has 1 aliphatic heterocycles. The third-order valence-corrected chi connectivity index (χ3v) is 6.49. The quantitative estimate of drug-likeness (QED) is 0.663. The second kappa shape index (κ2) is 9.75. The Balaban J connectivity index is 1.88. The Morgan fingerprint density at radius 3 is 2.44 bits per heavy atom. The van der Waals surface area contributed by atoms with Crippen LogP contribution in [-0.4, -0.2) is 57.7 Å². The standard InChI is InChI=1S/C19H30ClN3O3S/c1-15-9-13-22(14-10-15)12-4-11-21-19(24)16(2)23(27(3,25)26)18-7-5-17(20)6-8-18/h5-8,15-16H,4,9-14H2,1-3H3,(H,21,24). The molecular weight excluding hydrogens is 386 g/mol. The van der Waals surface area contributed by atoms with Crippen LogP contribution in [0.4, 0.5) is 5.69 Å². The van der Waals surface area contributed by atoms with Crippen molar-refractivity contribution in [3.8, 4) is 0 Å². The molecule has 0 aromatic heterocycles. The maximum atomic E-state index is 12.5. The molecule has 27 heavy (non-hydrogen) atoms. The molecule has 8 heteroatoms. The number of piperidine rings is 1. The van der Waals surface area contributed by atoms with E-state index in [9.17, 15) is 13.2 Å². The van der Waals surface area contributed by atoms with Crippen molar-refractivity contribution in [3.05, 3.63) is 29.3 Å². The molecule has 0 saturated carbocycles.